The number of nitro groups is 1. The first-order valence-corrected chi connectivity index (χ1v) is 7.42. The highest BCUT2D eigenvalue weighted by atomic mass is 16.6. The Balaban J connectivity index is 1.85. The van der Waals surface area contributed by atoms with E-state index in [-0.39, 0.29) is 17.8 Å². The van der Waals surface area contributed by atoms with Crippen molar-refractivity contribution in [1.82, 2.24) is 10.6 Å². The lowest BCUT2D eigenvalue weighted by molar-refractivity contribution is -0.385. The zero-order chi connectivity index (χ0) is 18.2. The summed E-state index contributed by atoms with van der Waals surface area (Å²) in [6, 6.07) is 12.7. The predicted octanol–water partition coefficient (Wildman–Crippen LogP) is 1.65. The number of nitrogens with one attached hydrogen (secondary N) is 2. The van der Waals surface area contributed by atoms with Crippen molar-refractivity contribution >= 4 is 17.5 Å². The third-order valence-corrected chi connectivity index (χ3v) is 3.40. The van der Waals surface area contributed by atoms with Crippen LogP contribution in [0.25, 0.3) is 0 Å². The highest BCUT2D eigenvalue weighted by Gasteiger charge is 2.19. The monoisotopic (exact) mass is 343 g/mol. The summed E-state index contributed by atoms with van der Waals surface area (Å²) >= 11 is 0. The zero-order valence-electron chi connectivity index (χ0n) is 13.5. The molecule has 0 aliphatic carbocycles. The van der Waals surface area contributed by atoms with E-state index in [4.69, 9.17) is 4.74 Å². The highest BCUT2D eigenvalue weighted by Crippen LogP contribution is 2.17. The van der Waals surface area contributed by atoms with Gasteiger partial charge in [-0.05, 0) is 23.8 Å². The summed E-state index contributed by atoms with van der Waals surface area (Å²) in [4.78, 5) is 34.1. The van der Waals surface area contributed by atoms with Gasteiger partial charge in [0.05, 0.1) is 18.6 Å². The van der Waals surface area contributed by atoms with Crippen molar-refractivity contribution in [1.29, 1.82) is 0 Å². The van der Waals surface area contributed by atoms with Gasteiger partial charge in [-0.2, -0.15) is 0 Å². The topological polar surface area (TPSA) is 111 Å². The number of carbonyl (C=O) groups is 2. The van der Waals surface area contributed by atoms with E-state index in [1.54, 1.807) is 19.2 Å². The van der Waals surface area contributed by atoms with Crippen molar-refractivity contribution in [2.24, 2.45) is 0 Å². The minimum atomic E-state index is -0.674. The Morgan fingerprint density at radius 1 is 1.08 bits per heavy atom. The molecule has 25 heavy (non-hydrogen) atoms. The minimum absolute atomic E-state index is 0.0875. The Hall–Kier alpha value is -3.42. The van der Waals surface area contributed by atoms with E-state index >= 15 is 0 Å². The molecule has 0 spiro atoms. The van der Waals surface area contributed by atoms with Gasteiger partial charge in [0, 0.05) is 12.6 Å². The van der Waals surface area contributed by atoms with Gasteiger partial charge in [-0.1, -0.05) is 24.3 Å². The third-order valence-electron chi connectivity index (χ3n) is 3.40. The Bertz CT molecular complexity index is 774. The number of carbonyl (C=O) groups excluding carboxylic acids is 2. The van der Waals surface area contributed by atoms with Crippen LogP contribution < -0.4 is 15.4 Å². The average molecular weight is 343 g/mol. The summed E-state index contributed by atoms with van der Waals surface area (Å²) in [7, 11) is 1.57. The second-order valence-corrected chi connectivity index (χ2v) is 5.08. The smallest absolute Gasteiger partial charge is 0.282 e. The van der Waals surface area contributed by atoms with Crippen molar-refractivity contribution in [3.8, 4) is 5.75 Å². The summed E-state index contributed by atoms with van der Waals surface area (Å²) in [6.45, 7) is 0.0191. The number of nitro benzene ring substituents is 1. The van der Waals surface area contributed by atoms with E-state index in [9.17, 15) is 19.7 Å². The normalized spacial score (nSPS) is 9.96. The van der Waals surface area contributed by atoms with Gasteiger partial charge in [-0.3, -0.25) is 19.7 Å². The van der Waals surface area contributed by atoms with E-state index < -0.39 is 16.7 Å². The maximum absolute atomic E-state index is 12.0. The van der Waals surface area contributed by atoms with Gasteiger partial charge < -0.3 is 15.4 Å². The van der Waals surface area contributed by atoms with Crippen LogP contribution in [-0.4, -0.2) is 30.4 Å². The fourth-order valence-corrected chi connectivity index (χ4v) is 2.09. The number of rotatable bonds is 7. The second-order valence-electron chi connectivity index (χ2n) is 5.08. The van der Waals surface area contributed by atoms with Crippen molar-refractivity contribution in [3.05, 3.63) is 69.8 Å². The summed E-state index contributed by atoms with van der Waals surface area (Å²) in [5.41, 5.74) is 0.480. The number of methoxy groups -OCH3 is 1. The molecule has 0 unspecified atom stereocenters. The predicted molar refractivity (Wildman–Crippen MR) is 90.3 cm³/mol. The number of benzene rings is 2. The van der Waals surface area contributed by atoms with Crippen molar-refractivity contribution < 1.29 is 19.2 Å². The van der Waals surface area contributed by atoms with Crippen LogP contribution in [0.3, 0.4) is 0 Å². The molecule has 2 aromatic carbocycles. The van der Waals surface area contributed by atoms with Crippen LogP contribution in [0.2, 0.25) is 0 Å². The van der Waals surface area contributed by atoms with Gasteiger partial charge in [0.1, 0.15) is 11.3 Å². The highest BCUT2D eigenvalue weighted by molar-refractivity contribution is 5.99. The van der Waals surface area contributed by atoms with Crippen molar-refractivity contribution in [3.63, 3.8) is 0 Å². The largest absolute Gasteiger partial charge is 0.497 e. The molecule has 0 saturated heterocycles. The first kappa shape index (κ1) is 17.9. The van der Waals surface area contributed by atoms with E-state index in [1.165, 1.54) is 24.3 Å². The van der Waals surface area contributed by atoms with Crippen LogP contribution in [0, 0.1) is 10.1 Å². The molecule has 0 bridgehead atoms. The number of ether oxygens (including phenoxy) is 1. The maximum Gasteiger partial charge on any atom is 0.282 e. The van der Waals surface area contributed by atoms with E-state index in [2.05, 4.69) is 10.6 Å². The Morgan fingerprint density at radius 2 is 1.76 bits per heavy atom. The van der Waals surface area contributed by atoms with Crippen LogP contribution in [0.1, 0.15) is 15.9 Å². The first-order valence-electron chi connectivity index (χ1n) is 7.42. The minimum Gasteiger partial charge on any atom is -0.497 e. The Labute approximate surface area is 144 Å². The molecule has 0 atom stereocenters. The van der Waals surface area contributed by atoms with Gasteiger partial charge in [-0.25, -0.2) is 0 Å². The summed E-state index contributed by atoms with van der Waals surface area (Å²) in [5.74, 6) is -0.360. The molecule has 0 fully saturated rings. The molecule has 0 heterocycles. The molecule has 0 aromatic heterocycles. The Morgan fingerprint density at radius 3 is 2.40 bits per heavy atom. The molecule has 0 radical (unpaired) electrons. The average Bonchev–Trinajstić information content (AvgIpc) is 2.64. The molecule has 2 aromatic rings. The van der Waals surface area contributed by atoms with Gasteiger partial charge in [0.15, 0.2) is 0 Å². The second kappa shape index (κ2) is 8.44. The lowest BCUT2D eigenvalue weighted by Gasteiger charge is -2.08. The fourth-order valence-electron chi connectivity index (χ4n) is 2.09. The maximum atomic E-state index is 12.0. The fraction of sp³-hybridized carbons (Fsp3) is 0.176. The number of para-hydroxylation sites is 1. The molecule has 8 nitrogen and oxygen atoms in total. The summed E-state index contributed by atoms with van der Waals surface area (Å²) in [5, 5.41) is 15.9. The van der Waals surface area contributed by atoms with Crippen LogP contribution >= 0.6 is 0 Å². The van der Waals surface area contributed by atoms with Crippen LogP contribution in [-0.2, 0) is 11.3 Å². The third kappa shape index (κ3) is 5.03. The van der Waals surface area contributed by atoms with Crippen LogP contribution in [0.4, 0.5) is 5.69 Å². The summed E-state index contributed by atoms with van der Waals surface area (Å²) in [6.07, 6.45) is 0. The molecule has 2 rings (SSSR count). The molecule has 8 heteroatoms. The van der Waals surface area contributed by atoms with Crippen molar-refractivity contribution in [2.75, 3.05) is 13.7 Å². The number of amides is 2. The molecule has 2 amide bonds. The van der Waals surface area contributed by atoms with Crippen molar-refractivity contribution in [2.45, 2.75) is 6.54 Å². The molecule has 0 aliphatic rings. The summed E-state index contributed by atoms with van der Waals surface area (Å²) < 4.78 is 5.05. The number of nitrogens with zero attached hydrogens (tertiary/aromatic N) is 1. The van der Waals surface area contributed by atoms with E-state index in [1.807, 2.05) is 12.1 Å². The SMILES string of the molecule is COc1ccc(CNC(=O)CNC(=O)c2ccccc2[N+](=O)[O-])cc1. The molecular weight excluding hydrogens is 326 g/mol. The number of hydrogen-bond donors (Lipinski definition) is 2. The lowest BCUT2D eigenvalue weighted by atomic mass is 10.1. The molecule has 0 saturated carbocycles. The van der Waals surface area contributed by atoms with E-state index in [0.29, 0.717) is 12.3 Å². The van der Waals surface area contributed by atoms with Gasteiger partial charge >= 0.3 is 0 Å². The number of hydrogen-bond acceptors (Lipinski definition) is 5. The van der Waals surface area contributed by atoms with Gasteiger partial charge in [0.2, 0.25) is 5.91 Å². The van der Waals surface area contributed by atoms with Crippen LogP contribution in [0.15, 0.2) is 48.5 Å². The standard InChI is InChI=1S/C17H17N3O5/c1-25-13-8-6-12(7-9-13)10-18-16(21)11-19-17(22)14-4-2-3-5-15(14)20(23)24/h2-9H,10-11H2,1H3,(H,18,21)(H,19,22). The van der Waals surface area contributed by atoms with E-state index in [0.717, 1.165) is 5.56 Å². The first-order chi connectivity index (χ1) is 12.0. The zero-order valence-corrected chi connectivity index (χ0v) is 13.5. The molecule has 0 aliphatic heterocycles. The lowest BCUT2D eigenvalue weighted by Crippen LogP contribution is -2.36. The van der Waals surface area contributed by atoms with Crippen LogP contribution in [0.5, 0.6) is 5.75 Å². The quantitative estimate of drug-likeness (QED) is 0.587. The van der Waals surface area contributed by atoms with Gasteiger partial charge in [0.25, 0.3) is 11.6 Å². The molecular formula is C17H17N3O5. The Kier molecular flexibility index (Phi) is 6.05. The molecule has 130 valence electrons. The van der Waals surface area contributed by atoms with Gasteiger partial charge in [-0.15, -0.1) is 0 Å². The molecule has 2 N–H and O–H groups in total.